The Kier molecular flexibility index (Phi) is 8.59. The molecule has 0 radical (unpaired) electrons. The number of rotatable bonds is 9. The van der Waals surface area contributed by atoms with Crippen molar-refractivity contribution >= 4 is 5.97 Å². The summed E-state index contributed by atoms with van der Waals surface area (Å²) >= 11 is 0. The molecule has 38 heavy (non-hydrogen) atoms. The predicted octanol–water partition coefficient (Wildman–Crippen LogP) is 5.35. The number of carbonyl (C=O) groups is 1. The average molecular weight is 521 g/mol. The van der Waals surface area contributed by atoms with E-state index in [1.807, 2.05) is 6.07 Å². The van der Waals surface area contributed by atoms with Crippen molar-refractivity contribution in [3.63, 3.8) is 0 Å². The van der Waals surface area contributed by atoms with Crippen LogP contribution in [-0.4, -0.2) is 62.8 Å². The molecule has 3 heterocycles. The number of likely N-dealkylation sites (tertiary alicyclic amines) is 1. The Morgan fingerprint density at radius 2 is 1.76 bits per heavy atom. The summed E-state index contributed by atoms with van der Waals surface area (Å²) in [7, 11) is 3.41. The first-order valence-corrected chi connectivity index (χ1v) is 14.4. The molecular weight excluding hydrogens is 476 g/mol. The molecule has 0 N–H and O–H groups in total. The lowest BCUT2D eigenvalue weighted by molar-refractivity contribution is -0.151. The molecule has 0 amide bonds. The SMILES string of the molecule is COc1cc2c(cc1OC)C1CC(COC(=O)[C@@H]3CCN(Cc4ccccc4)C3)C(CC(C)C)CN1CC2. The van der Waals surface area contributed by atoms with E-state index >= 15 is 0 Å². The van der Waals surface area contributed by atoms with E-state index in [9.17, 15) is 4.79 Å². The van der Waals surface area contributed by atoms with Crippen LogP contribution in [0.25, 0.3) is 0 Å². The van der Waals surface area contributed by atoms with Crippen LogP contribution < -0.4 is 9.47 Å². The van der Waals surface area contributed by atoms with Crippen molar-refractivity contribution in [1.29, 1.82) is 0 Å². The standard InChI is InChI=1S/C32H44N2O4/c1-22(2)14-26-20-34-13-11-24-16-30(36-3)31(37-4)17-28(24)29(34)15-27(26)21-38-32(35)25-10-12-33(19-25)18-23-8-6-5-7-9-23/h5-9,16-17,22,25-27,29H,10-15,18-21H2,1-4H3/t25-,26?,27?,29?/m1/s1. The van der Waals surface area contributed by atoms with Gasteiger partial charge in [-0.1, -0.05) is 44.2 Å². The molecule has 3 unspecified atom stereocenters. The van der Waals surface area contributed by atoms with Gasteiger partial charge in [0.25, 0.3) is 0 Å². The zero-order chi connectivity index (χ0) is 26.6. The first-order chi connectivity index (χ1) is 18.4. The highest BCUT2D eigenvalue weighted by atomic mass is 16.5. The van der Waals surface area contributed by atoms with E-state index in [4.69, 9.17) is 14.2 Å². The summed E-state index contributed by atoms with van der Waals surface area (Å²) in [4.78, 5) is 18.2. The van der Waals surface area contributed by atoms with Crippen molar-refractivity contribution in [1.82, 2.24) is 9.80 Å². The van der Waals surface area contributed by atoms with Gasteiger partial charge in [-0.2, -0.15) is 0 Å². The van der Waals surface area contributed by atoms with Gasteiger partial charge in [0.1, 0.15) is 0 Å². The van der Waals surface area contributed by atoms with E-state index in [0.29, 0.717) is 30.4 Å². The first kappa shape index (κ1) is 27.0. The second kappa shape index (κ2) is 12.1. The molecule has 0 spiro atoms. The van der Waals surface area contributed by atoms with Gasteiger partial charge in [0.2, 0.25) is 0 Å². The zero-order valence-corrected chi connectivity index (χ0v) is 23.5. The maximum absolute atomic E-state index is 13.2. The van der Waals surface area contributed by atoms with E-state index in [2.05, 4.69) is 60.0 Å². The Balaban J connectivity index is 1.24. The number of benzene rings is 2. The Bertz CT molecular complexity index is 1090. The molecule has 3 aliphatic rings. The highest BCUT2D eigenvalue weighted by Crippen LogP contribution is 2.45. The maximum Gasteiger partial charge on any atom is 0.310 e. The van der Waals surface area contributed by atoms with Crippen molar-refractivity contribution in [2.75, 3.05) is 47.0 Å². The topological polar surface area (TPSA) is 51.2 Å². The predicted molar refractivity (Wildman–Crippen MR) is 149 cm³/mol. The molecular formula is C32H44N2O4. The second-order valence-electron chi connectivity index (χ2n) is 11.9. The van der Waals surface area contributed by atoms with E-state index in [-0.39, 0.29) is 11.9 Å². The summed E-state index contributed by atoms with van der Waals surface area (Å²) in [6.45, 7) is 9.90. The van der Waals surface area contributed by atoms with Crippen molar-refractivity contribution in [3.8, 4) is 11.5 Å². The molecule has 0 bridgehead atoms. The number of ether oxygens (including phenoxy) is 3. The number of hydrogen-bond donors (Lipinski definition) is 0. The minimum atomic E-state index is -0.0190. The van der Waals surface area contributed by atoms with Crippen molar-refractivity contribution in [3.05, 3.63) is 59.2 Å². The van der Waals surface area contributed by atoms with Crippen LogP contribution in [-0.2, 0) is 22.5 Å². The van der Waals surface area contributed by atoms with Crippen LogP contribution in [0.4, 0.5) is 0 Å². The fraction of sp³-hybridized carbons (Fsp3) is 0.594. The van der Waals surface area contributed by atoms with E-state index in [0.717, 1.165) is 63.5 Å². The Labute approximate surface area is 228 Å². The molecule has 6 nitrogen and oxygen atoms in total. The minimum Gasteiger partial charge on any atom is -0.493 e. The average Bonchev–Trinajstić information content (AvgIpc) is 3.39. The van der Waals surface area contributed by atoms with Gasteiger partial charge in [-0.15, -0.1) is 0 Å². The van der Waals surface area contributed by atoms with Crippen LogP contribution in [0.1, 0.15) is 55.8 Å². The smallest absolute Gasteiger partial charge is 0.310 e. The Morgan fingerprint density at radius 1 is 1.00 bits per heavy atom. The van der Waals surface area contributed by atoms with Crippen LogP contribution in [0.5, 0.6) is 11.5 Å². The van der Waals surface area contributed by atoms with Crippen molar-refractivity contribution < 1.29 is 19.0 Å². The Hall–Kier alpha value is -2.57. The molecule has 2 fully saturated rings. The lowest BCUT2D eigenvalue weighted by Gasteiger charge is -2.47. The van der Waals surface area contributed by atoms with Gasteiger partial charge in [0.05, 0.1) is 26.7 Å². The molecule has 4 atom stereocenters. The van der Waals surface area contributed by atoms with E-state index in [1.54, 1.807) is 14.2 Å². The molecule has 0 aromatic heterocycles. The van der Waals surface area contributed by atoms with Gasteiger partial charge in [-0.05, 0) is 78.8 Å². The number of nitrogens with zero attached hydrogens (tertiary/aromatic N) is 2. The van der Waals surface area contributed by atoms with Crippen LogP contribution in [0.15, 0.2) is 42.5 Å². The van der Waals surface area contributed by atoms with Crippen LogP contribution in [0.2, 0.25) is 0 Å². The lowest BCUT2D eigenvalue weighted by atomic mass is 9.74. The third-order valence-corrected chi connectivity index (χ3v) is 8.84. The van der Waals surface area contributed by atoms with E-state index < -0.39 is 0 Å². The van der Waals surface area contributed by atoms with Crippen molar-refractivity contribution in [2.24, 2.45) is 23.7 Å². The number of piperidine rings is 1. The summed E-state index contributed by atoms with van der Waals surface area (Å²) < 4.78 is 17.3. The van der Waals surface area contributed by atoms with Gasteiger partial charge in [0.15, 0.2) is 11.5 Å². The molecule has 2 saturated heterocycles. The molecule has 5 rings (SSSR count). The highest BCUT2D eigenvalue weighted by Gasteiger charge is 2.40. The van der Waals surface area contributed by atoms with Crippen molar-refractivity contribution in [2.45, 2.75) is 52.1 Å². The van der Waals surface area contributed by atoms with Gasteiger partial charge in [-0.25, -0.2) is 0 Å². The number of carbonyl (C=O) groups excluding carboxylic acids is 1. The summed E-state index contributed by atoms with van der Waals surface area (Å²) in [5.74, 6) is 3.09. The Morgan fingerprint density at radius 3 is 2.50 bits per heavy atom. The van der Waals surface area contributed by atoms with Crippen LogP contribution in [0, 0.1) is 23.7 Å². The molecule has 0 aliphatic carbocycles. The summed E-state index contributed by atoms with van der Waals surface area (Å²) in [5.41, 5.74) is 4.00. The summed E-state index contributed by atoms with van der Waals surface area (Å²) in [6.07, 6.45) is 4.09. The molecule has 2 aromatic carbocycles. The van der Waals surface area contributed by atoms with Crippen LogP contribution in [0.3, 0.4) is 0 Å². The normalized spacial score (nSPS) is 25.6. The molecule has 2 aromatic rings. The second-order valence-corrected chi connectivity index (χ2v) is 11.9. The lowest BCUT2D eigenvalue weighted by Crippen LogP contribution is -2.47. The monoisotopic (exact) mass is 520 g/mol. The number of esters is 1. The van der Waals surface area contributed by atoms with E-state index in [1.165, 1.54) is 23.1 Å². The number of methoxy groups -OCH3 is 2. The summed E-state index contributed by atoms with van der Waals surface area (Å²) in [6, 6.07) is 15.2. The number of hydrogen-bond acceptors (Lipinski definition) is 6. The van der Waals surface area contributed by atoms with Crippen LogP contribution >= 0.6 is 0 Å². The molecule has 0 saturated carbocycles. The minimum absolute atomic E-state index is 0.0123. The van der Waals surface area contributed by atoms with Gasteiger partial charge in [0, 0.05) is 32.2 Å². The molecule has 206 valence electrons. The third kappa shape index (κ3) is 6.02. The molecule has 3 aliphatic heterocycles. The fourth-order valence-electron chi connectivity index (χ4n) is 6.90. The molecule has 6 heteroatoms. The number of fused-ring (bicyclic) bond motifs is 3. The quantitative estimate of drug-likeness (QED) is 0.416. The third-order valence-electron chi connectivity index (χ3n) is 8.84. The fourth-order valence-corrected chi connectivity index (χ4v) is 6.90. The maximum atomic E-state index is 13.2. The van der Waals surface area contributed by atoms with Gasteiger partial charge in [-0.3, -0.25) is 14.6 Å². The van der Waals surface area contributed by atoms with Gasteiger partial charge < -0.3 is 14.2 Å². The first-order valence-electron chi connectivity index (χ1n) is 14.4. The summed E-state index contributed by atoms with van der Waals surface area (Å²) in [5, 5.41) is 0. The zero-order valence-electron chi connectivity index (χ0n) is 23.5. The van der Waals surface area contributed by atoms with Gasteiger partial charge >= 0.3 is 5.97 Å². The largest absolute Gasteiger partial charge is 0.493 e. The highest BCUT2D eigenvalue weighted by molar-refractivity contribution is 5.73.